The molecule has 154 valence electrons. The fraction of sp³-hybridized carbons (Fsp3) is 0.636. The summed E-state index contributed by atoms with van der Waals surface area (Å²) in [5.74, 6) is 1.53. The van der Waals surface area contributed by atoms with Crippen LogP contribution < -0.4 is 10.6 Å². The van der Waals surface area contributed by atoms with Crippen LogP contribution in [0.4, 0.5) is 0 Å². The number of nitrogens with zero attached hydrogens (tertiary/aromatic N) is 2. The van der Waals surface area contributed by atoms with E-state index in [1.165, 1.54) is 24.0 Å². The molecule has 1 aromatic carbocycles. The second-order valence-electron chi connectivity index (χ2n) is 8.10. The lowest BCUT2D eigenvalue weighted by Crippen LogP contribution is -2.46. The predicted octanol–water partition coefficient (Wildman–Crippen LogP) is 1.98. The lowest BCUT2D eigenvalue weighted by molar-refractivity contribution is -0.127. The highest BCUT2D eigenvalue weighted by Gasteiger charge is 2.21. The molecule has 1 amide bonds. The molecule has 6 nitrogen and oxygen atoms in total. The van der Waals surface area contributed by atoms with Crippen LogP contribution >= 0.6 is 0 Å². The summed E-state index contributed by atoms with van der Waals surface area (Å²) < 4.78 is 5.70. The Kier molecular flexibility index (Phi) is 7.71. The Hall–Kier alpha value is -2.08. The maximum Gasteiger partial charge on any atom is 0.243 e. The first-order valence-electron chi connectivity index (χ1n) is 10.5. The van der Waals surface area contributed by atoms with Gasteiger partial charge in [0.1, 0.15) is 6.54 Å². The van der Waals surface area contributed by atoms with Crippen LogP contribution in [0, 0.1) is 5.92 Å². The highest BCUT2D eigenvalue weighted by Crippen LogP contribution is 2.28. The first kappa shape index (κ1) is 20.6. The molecule has 2 aliphatic carbocycles. The molecule has 2 aliphatic rings. The number of carbonyl (C=O) groups is 1. The fourth-order valence-corrected chi connectivity index (χ4v) is 3.37. The van der Waals surface area contributed by atoms with Crippen molar-refractivity contribution >= 4 is 11.9 Å². The summed E-state index contributed by atoms with van der Waals surface area (Å²) in [4.78, 5) is 18.0. The Labute approximate surface area is 168 Å². The van der Waals surface area contributed by atoms with Crippen LogP contribution in [-0.2, 0) is 22.4 Å². The molecule has 0 radical (unpaired) electrons. The number of likely N-dealkylation sites (N-methyl/N-ethyl adjacent to an activating group) is 1. The minimum absolute atomic E-state index is 0.00264. The van der Waals surface area contributed by atoms with E-state index in [0.29, 0.717) is 6.04 Å². The molecular weight excluding hydrogens is 352 g/mol. The van der Waals surface area contributed by atoms with Gasteiger partial charge in [0.15, 0.2) is 5.96 Å². The molecule has 3 rings (SSSR count). The fourth-order valence-electron chi connectivity index (χ4n) is 3.37. The van der Waals surface area contributed by atoms with Crippen molar-refractivity contribution in [2.75, 3.05) is 40.4 Å². The molecule has 0 bridgehead atoms. The van der Waals surface area contributed by atoms with Crippen molar-refractivity contribution in [3.05, 3.63) is 35.4 Å². The van der Waals surface area contributed by atoms with Crippen molar-refractivity contribution in [2.24, 2.45) is 10.9 Å². The molecule has 1 atom stereocenters. The molecule has 28 heavy (non-hydrogen) atoms. The topological polar surface area (TPSA) is 66.0 Å². The average molecular weight is 387 g/mol. The third-order valence-corrected chi connectivity index (χ3v) is 5.37. The van der Waals surface area contributed by atoms with Crippen LogP contribution in [0.25, 0.3) is 0 Å². The average Bonchev–Trinajstić information content (AvgIpc) is 3.52. The number of aliphatic imine (C=N–C) groups is 1. The number of amides is 1. The smallest absolute Gasteiger partial charge is 0.243 e. The van der Waals surface area contributed by atoms with Crippen LogP contribution in [0.3, 0.4) is 0 Å². The number of aryl methyl sites for hydroxylation is 1. The van der Waals surface area contributed by atoms with E-state index in [0.717, 1.165) is 57.3 Å². The van der Waals surface area contributed by atoms with Crippen molar-refractivity contribution in [1.29, 1.82) is 0 Å². The van der Waals surface area contributed by atoms with Gasteiger partial charge in [-0.05, 0) is 55.6 Å². The number of nitrogens with one attached hydrogen (secondary N) is 2. The normalized spacial score (nSPS) is 19.1. The van der Waals surface area contributed by atoms with E-state index in [1.807, 2.05) is 0 Å². The number of hydrogen-bond donors (Lipinski definition) is 2. The lowest BCUT2D eigenvalue weighted by Gasteiger charge is -2.27. The summed E-state index contributed by atoms with van der Waals surface area (Å²) in [5, 5.41) is 6.91. The molecule has 0 aromatic heterocycles. The first-order chi connectivity index (χ1) is 13.6. The summed E-state index contributed by atoms with van der Waals surface area (Å²) in [6, 6.07) is 8.98. The maximum atomic E-state index is 11.9. The van der Waals surface area contributed by atoms with Gasteiger partial charge in [-0.2, -0.15) is 0 Å². The van der Waals surface area contributed by atoms with E-state index in [2.05, 4.69) is 39.9 Å². The molecule has 1 saturated carbocycles. The Morgan fingerprint density at radius 3 is 2.75 bits per heavy atom. The molecule has 0 aliphatic heterocycles. The number of fused-ring (bicyclic) bond motifs is 1. The van der Waals surface area contributed by atoms with Gasteiger partial charge in [-0.15, -0.1) is 0 Å². The summed E-state index contributed by atoms with van der Waals surface area (Å²) >= 11 is 0. The molecule has 0 spiro atoms. The Morgan fingerprint density at radius 1 is 1.21 bits per heavy atom. The van der Waals surface area contributed by atoms with Gasteiger partial charge < -0.3 is 20.3 Å². The van der Waals surface area contributed by atoms with Crippen LogP contribution in [0.2, 0.25) is 0 Å². The maximum absolute atomic E-state index is 11.9. The minimum atomic E-state index is 0.00264. The van der Waals surface area contributed by atoms with Crippen molar-refractivity contribution in [3.63, 3.8) is 0 Å². The van der Waals surface area contributed by atoms with Crippen molar-refractivity contribution in [2.45, 2.75) is 44.6 Å². The SMILES string of the molecule is CN(C)C(=O)CN=C(NCCCOCC1CC1)NC1CCc2ccccc2C1. The monoisotopic (exact) mass is 386 g/mol. The summed E-state index contributed by atoms with van der Waals surface area (Å²) in [7, 11) is 3.52. The summed E-state index contributed by atoms with van der Waals surface area (Å²) in [6.07, 6.45) is 6.72. The van der Waals surface area contributed by atoms with E-state index >= 15 is 0 Å². The molecule has 0 saturated heterocycles. The zero-order valence-corrected chi connectivity index (χ0v) is 17.2. The highest BCUT2D eigenvalue weighted by atomic mass is 16.5. The highest BCUT2D eigenvalue weighted by molar-refractivity contribution is 5.85. The van der Waals surface area contributed by atoms with Gasteiger partial charge in [-0.3, -0.25) is 4.79 Å². The van der Waals surface area contributed by atoms with Crippen molar-refractivity contribution < 1.29 is 9.53 Å². The van der Waals surface area contributed by atoms with Gasteiger partial charge >= 0.3 is 0 Å². The second-order valence-corrected chi connectivity index (χ2v) is 8.10. The van der Waals surface area contributed by atoms with E-state index < -0.39 is 0 Å². The minimum Gasteiger partial charge on any atom is -0.381 e. The summed E-state index contributed by atoms with van der Waals surface area (Å²) in [6.45, 7) is 2.61. The number of ether oxygens (including phenoxy) is 1. The van der Waals surface area contributed by atoms with Gasteiger partial charge in [0.25, 0.3) is 0 Å². The number of guanidine groups is 1. The number of hydrogen-bond acceptors (Lipinski definition) is 3. The Morgan fingerprint density at radius 2 is 2.00 bits per heavy atom. The standard InChI is InChI=1S/C22H34N4O2/c1-26(2)21(27)15-24-22(23-12-5-13-28-16-17-8-9-17)25-20-11-10-18-6-3-4-7-19(18)14-20/h3-4,6-7,17,20H,5,8-16H2,1-2H3,(H2,23,24,25). The first-order valence-corrected chi connectivity index (χ1v) is 10.5. The van der Waals surface area contributed by atoms with E-state index in [-0.39, 0.29) is 12.5 Å². The number of carbonyl (C=O) groups excluding carboxylic acids is 1. The van der Waals surface area contributed by atoms with Crippen LogP contribution in [0.15, 0.2) is 29.3 Å². The molecule has 1 unspecified atom stereocenters. The molecule has 2 N–H and O–H groups in total. The Balaban J connectivity index is 1.48. The van der Waals surface area contributed by atoms with Gasteiger partial charge in [-0.25, -0.2) is 4.99 Å². The van der Waals surface area contributed by atoms with Gasteiger partial charge in [0, 0.05) is 39.9 Å². The van der Waals surface area contributed by atoms with Crippen LogP contribution in [-0.4, -0.2) is 63.2 Å². The van der Waals surface area contributed by atoms with Gasteiger partial charge in [0.05, 0.1) is 0 Å². The summed E-state index contributed by atoms with van der Waals surface area (Å²) in [5.41, 5.74) is 2.85. The third kappa shape index (κ3) is 6.82. The number of rotatable bonds is 9. The second kappa shape index (κ2) is 10.5. The quantitative estimate of drug-likeness (QED) is 0.387. The molecule has 1 aromatic rings. The van der Waals surface area contributed by atoms with E-state index in [9.17, 15) is 4.79 Å². The molecule has 1 fully saturated rings. The molecule has 0 heterocycles. The predicted molar refractivity (Wildman–Crippen MR) is 113 cm³/mol. The van der Waals surface area contributed by atoms with Crippen LogP contribution in [0.1, 0.15) is 36.8 Å². The molecule has 6 heteroatoms. The van der Waals surface area contributed by atoms with Gasteiger partial charge in [0.2, 0.25) is 5.91 Å². The van der Waals surface area contributed by atoms with E-state index in [1.54, 1.807) is 19.0 Å². The zero-order chi connectivity index (χ0) is 19.8. The lowest BCUT2D eigenvalue weighted by atomic mass is 9.88. The van der Waals surface area contributed by atoms with Gasteiger partial charge in [-0.1, -0.05) is 24.3 Å². The Bertz CT molecular complexity index is 670. The van der Waals surface area contributed by atoms with Crippen LogP contribution in [0.5, 0.6) is 0 Å². The van der Waals surface area contributed by atoms with Crippen molar-refractivity contribution in [1.82, 2.24) is 15.5 Å². The number of benzene rings is 1. The third-order valence-electron chi connectivity index (χ3n) is 5.37. The van der Waals surface area contributed by atoms with Crippen molar-refractivity contribution in [3.8, 4) is 0 Å². The zero-order valence-electron chi connectivity index (χ0n) is 17.2. The molecular formula is C22H34N4O2. The largest absolute Gasteiger partial charge is 0.381 e. The van der Waals surface area contributed by atoms with E-state index in [4.69, 9.17) is 4.74 Å².